The summed E-state index contributed by atoms with van der Waals surface area (Å²) in [6, 6.07) is 7.55. The highest BCUT2D eigenvalue weighted by atomic mass is 35.5. The van der Waals surface area contributed by atoms with Gasteiger partial charge in [0.05, 0.1) is 11.4 Å². The van der Waals surface area contributed by atoms with Crippen LogP contribution in [-0.2, 0) is 0 Å². The van der Waals surface area contributed by atoms with E-state index >= 15 is 0 Å². The molecule has 0 unspecified atom stereocenters. The molecule has 1 heterocycles. The number of hydrogen-bond donors (Lipinski definition) is 0. The van der Waals surface area contributed by atoms with Gasteiger partial charge in [0.1, 0.15) is 6.07 Å². The Hall–Kier alpha value is -1.86. The summed E-state index contributed by atoms with van der Waals surface area (Å²) in [5, 5.41) is 17.2. The molecule has 0 saturated heterocycles. The maximum atomic E-state index is 8.81. The van der Waals surface area contributed by atoms with E-state index in [1.54, 1.807) is 11.6 Å². The van der Waals surface area contributed by atoms with Crippen molar-refractivity contribution in [1.29, 1.82) is 5.26 Å². The molecule has 0 fully saturated rings. The second kappa shape index (κ2) is 3.95. The molecule has 1 aromatic carbocycles. The molecule has 0 saturated carbocycles. The molecule has 0 bridgehead atoms. The van der Waals surface area contributed by atoms with E-state index in [1.165, 1.54) is 0 Å². The maximum Gasteiger partial charge on any atom is 0.186 e. The van der Waals surface area contributed by atoms with Crippen LogP contribution in [0.3, 0.4) is 0 Å². The number of halogens is 1. The molecule has 0 aliphatic carbocycles. The Bertz CT molecular complexity index is 580. The van der Waals surface area contributed by atoms with Crippen molar-refractivity contribution in [2.75, 3.05) is 0 Å². The van der Waals surface area contributed by atoms with Crippen molar-refractivity contribution in [1.82, 2.24) is 15.0 Å². The van der Waals surface area contributed by atoms with E-state index in [1.807, 2.05) is 31.2 Å². The van der Waals surface area contributed by atoms with Gasteiger partial charge in [-0.15, -0.1) is 5.10 Å². The van der Waals surface area contributed by atoms with Gasteiger partial charge in [0.25, 0.3) is 0 Å². The molecule has 0 N–H and O–H groups in total. The average molecular weight is 233 g/mol. The standard InChI is InChI=1S/C11H9ClN4/c1-7-9(12)4-3-5-11(7)16-8(2)10(6-13)14-15-16/h3-5H,1-2H3. The van der Waals surface area contributed by atoms with Gasteiger partial charge in [-0.25, -0.2) is 4.68 Å². The van der Waals surface area contributed by atoms with Crippen LogP contribution in [0.15, 0.2) is 18.2 Å². The molecular weight excluding hydrogens is 224 g/mol. The minimum absolute atomic E-state index is 0.333. The van der Waals surface area contributed by atoms with E-state index < -0.39 is 0 Å². The third-order valence-corrected chi connectivity index (χ3v) is 2.88. The lowest BCUT2D eigenvalue weighted by molar-refractivity contribution is 0.780. The molecule has 0 radical (unpaired) electrons. The van der Waals surface area contributed by atoms with E-state index in [4.69, 9.17) is 16.9 Å². The van der Waals surface area contributed by atoms with E-state index in [-0.39, 0.29) is 0 Å². The first-order chi connectivity index (χ1) is 7.65. The molecule has 0 spiro atoms. The number of rotatable bonds is 1. The molecule has 0 atom stereocenters. The molecule has 80 valence electrons. The maximum absolute atomic E-state index is 8.81. The molecule has 0 aliphatic heterocycles. The first kappa shape index (κ1) is 10.7. The summed E-state index contributed by atoms with van der Waals surface area (Å²) in [7, 11) is 0. The fourth-order valence-corrected chi connectivity index (χ4v) is 1.66. The molecule has 4 nitrogen and oxygen atoms in total. The highest BCUT2D eigenvalue weighted by Gasteiger charge is 2.11. The lowest BCUT2D eigenvalue weighted by Gasteiger charge is -2.07. The second-order valence-corrected chi connectivity index (χ2v) is 3.84. The van der Waals surface area contributed by atoms with Crippen LogP contribution in [0.1, 0.15) is 17.0 Å². The monoisotopic (exact) mass is 232 g/mol. The fraction of sp³-hybridized carbons (Fsp3) is 0.182. The highest BCUT2D eigenvalue weighted by Crippen LogP contribution is 2.22. The zero-order chi connectivity index (χ0) is 11.7. The van der Waals surface area contributed by atoms with Crippen LogP contribution >= 0.6 is 11.6 Å². The minimum Gasteiger partial charge on any atom is -0.216 e. The topological polar surface area (TPSA) is 54.5 Å². The van der Waals surface area contributed by atoms with Gasteiger partial charge in [-0.2, -0.15) is 5.26 Å². The van der Waals surface area contributed by atoms with Crippen LogP contribution in [0.4, 0.5) is 0 Å². The molecule has 16 heavy (non-hydrogen) atoms. The molecule has 2 aromatic rings. The fourth-order valence-electron chi connectivity index (χ4n) is 1.49. The quantitative estimate of drug-likeness (QED) is 0.759. The summed E-state index contributed by atoms with van der Waals surface area (Å²) in [6.45, 7) is 3.71. The SMILES string of the molecule is Cc1c(Cl)cccc1-n1nnc(C#N)c1C. The van der Waals surface area contributed by atoms with Crippen molar-refractivity contribution in [3.63, 3.8) is 0 Å². The molecule has 0 amide bonds. The van der Waals surface area contributed by atoms with Gasteiger partial charge in [-0.3, -0.25) is 0 Å². The van der Waals surface area contributed by atoms with E-state index in [0.717, 1.165) is 11.3 Å². The van der Waals surface area contributed by atoms with Crippen molar-refractivity contribution < 1.29 is 0 Å². The van der Waals surface area contributed by atoms with Crippen LogP contribution in [0.2, 0.25) is 5.02 Å². The van der Waals surface area contributed by atoms with Crippen LogP contribution in [-0.4, -0.2) is 15.0 Å². The predicted octanol–water partition coefficient (Wildman–Crippen LogP) is 2.41. The molecule has 5 heteroatoms. The zero-order valence-electron chi connectivity index (χ0n) is 8.90. The summed E-state index contributed by atoms with van der Waals surface area (Å²) in [6.07, 6.45) is 0. The van der Waals surface area contributed by atoms with Gasteiger partial charge < -0.3 is 0 Å². The highest BCUT2D eigenvalue weighted by molar-refractivity contribution is 6.31. The number of aromatic nitrogens is 3. The molecule has 1 aromatic heterocycles. The summed E-state index contributed by atoms with van der Waals surface area (Å²) < 4.78 is 1.62. The Morgan fingerprint density at radius 3 is 2.75 bits per heavy atom. The Balaban J connectivity index is 2.64. The van der Waals surface area contributed by atoms with Gasteiger partial charge in [-0.1, -0.05) is 22.9 Å². The van der Waals surface area contributed by atoms with Gasteiger partial charge in [0.15, 0.2) is 5.69 Å². The number of nitriles is 1. The van der Waals surface area contributed by atoms with Crippen LogP contribution in [0, 0.1) is 25.2 Å². The number of hydrogen-bond acceptors (Lipinski definition) is 3. The molecule has 0 aliphatic rings. The summed E-state index contributed by atoms with van der Waals surface area (Å²) in [5.41, 5.74) is 2.81. The summed E-state index contributed by atoms with van der Waals surface area (Å²) in [5.74, 6) is 0. The second-order valence-electron chi connectivity index (χ2n) is 3.43. The Morgan fingerprint density at radius 1 is 1.38 bits per heavy atom. The summed E-state index contributed by atoms with van der Waals surface area (Å²) in [4.78, 5) is 0. The first-order valence-electron chi connectivity index (χ1n) is 4.73. The van der Waals surface area contributed by atoms with Crippen molar-refractivity contribution in [3.8, 4) is 11.8 Å². The number of nitrogens with zero attached hydrogens (tertiary/aromatic N) is 4. The lowest BCUT2D eigenvalue weighted by Crippen LogP contribution is -2.01. The first-order valence-corrected chi connectivity index (χ1v) is 5.11. The van der Waals surface area contributed by atoms with E-state index in [2.05, 4.69) is 10.3 Å². The third kappa shape index (κ3) is 1.55. The largest absolute Gasteiger partial charge is 0.216 e. The third-order valence-electron chi connectivity index (χ3n) is 2.47. The number of benzene rings is 1. The Labute approximate surface area is 98.1 Å². The van der Waals surface area contributed by atoms with Crippen LogP contribution in [0.25, 0.3) is 5.69 Å². The van der Waals surface area contributed by atoms with E-state index in [0.29, 0.717) is 16.4 Å². The van der Waals surface area contributed by atoms with Crippen molar-refractivity contribution in [2.24, 2.45) is 0 Å². The normalized spacial score (nSPS) is 10.1. The smallest absolute Gasteiger partial charge is 0.186 e. The van der Waals surface area contributed by atoms with Gasteiger partial charge in [0, 0.05) is 5.02 Å². The van der Waals surface area contributed by atoms with Crippen LogP contribution in [0.5, 0.6) is 0 Å². The zero-order valence-corrected chi connectivity index (χ0v) is 9.65. The minimum atomic E-state index is 0.333. The van der Waals surface area contributed by atoms with Crippen molar-refractivity contribution in [3.05, 3.63) is 40.2 Å². The molecule has 2 rings (SSSR count). The van der Waals surface area contributed by atoms with Gasteiger partial charge in [0.2, 0.25) is 0 Å². The van der Waals surface area contributed by atoms with Crippen LogP contribution < -0.4 is 0 Å². The van der Waals surface area contributed by atoms with Crippen molar-refractivity contribution >= 4 is 11.6 Å². The average Bonchev–Trinajstić information content (AvgIpc) is 2.64. The molecular formula is C11H9ClN4. The Kier molecular flexibility index (Phi) is 2.63. The Morgan fingerprint density at radius 2 is 2.12 bits per heavy atom. The van der Waals surface area contributed by atoms with Gasteiger partial charge in [-0.05, 0) is 31.5 Å². The predicted molar refractivity (Wildman–Crippen MR) is 60.6 cm³/mol. The summed E-state index contributed by atoms with van der Waals surface area (Å²) >= 11 is 6.03. The van der Waals surface area contributed by atoms with Crippen molar-refractivity contribution in [2.45, 2.75) is 13.8 Å². The lowest BCUT2D eigenvalue weighted by atomic mass is 10.2. The van der Waals surface area contributed by atoms with Gasteiger partial charge >= 0.3 is 0 Å². The van der Waals surface area contributed by atoms with E-state index in [9.17, 15) is 0 Å².